The molecule has 1 atom stereocenters. The van der Waals surface area contributed by atoms with Crippen molar-refractivity contribution in [1.29, 1.82) is 0 Å². The first-order valence-corrected chi connectivity index (χ1v) is 8.64. The number of rotatable bonds is 4. The first-order valence-electron chi connectivity index (χ1n) is 8.64. The van der Waals surface area contributed by atoms with Gasteiger partial charge in [-0.25, -0.2) is 4.98 Å². The lowest BCUT2D eigenvalue weighted by atomic mass is 9.95. The summed E-state index contributed by atoms with van der Waals surface area (Å²) < 4.78 is 1.93. The molecule has 0 radical (unpaired) electrons. The Morgan fingerprint density at radius 2 is 1.88 bits per heavy atom. The van der Waals surface area contributed by atoms with Crippen molar-refractivity contribution in [2.24, 2.45) is 13.0 Å². The number of carbonyl (C=O) groups excluding carboxylic acids is 2. The lowest BCUT2D eigenvalue weighted by molar-refractivity contribution is -0.134. The average Bonchev–Trinajstić information content (AvgIpc) is 3.06. The first-order chi connectivity index (χ1) is 12.1. The maximum absolute atomic E-state index is 12.8. The van der Waals surface area contributed by atoms with E-state index < -0.39 is 0 Å². The van der Waals surface area contributed by atoms with Gasteiger partial charge in [0.25, 0.3) is 0 Å². The molecule has 25 heavy (non-hydrogen) atoms. The van der Waals surface area contributed by atoms with Gasteiger partial charge in [-0.3, -0.25) is 9.59 Å². The molecule has 1 aliphatic heterocycles. The van der Waals surface area contributed by atoms with E-state index in [1.165, 1.54) is 0 Å². The zero-order valence-electron chi connectivity index (χ0n) is 14.7. The number of benzene rings is 1. The number of imidazole rings is 1. The number of carbonyl (C=O) groups is 2. The topological polar surface area (TPSA) is 67.2 Å². The summed E-state index contributed by atoms with van der Waals surface area (Å²) in [7, 11) is 1.93. The summed E-state index contributed by atoms with van der Waals surface area (Å²) in [6.45, 7) is 2.87. The van der Waals surface area contributed by atoms with Crippen molar-refractivity contribution in [1.82, 2.24) is 19.8 Å². The lowest BCUT2D eigenvalue weighted by Gasteiger charge is -2.31. The van der Waals surface area contributed by atoms with E-state index in [1.54, 1.807) is 18.0 Å². The van der Waals surface area contributed by atoms with Crippen molar-refractivity contribution in [3.63, 3.8) is 0 Å². The van der Waals surface area contributed by atoms with Gasteiger partial charge in [-0.05, 0) is 18.4 Å². The van der Waals surface area contributed by atoms with Crippen LogP contribution in [0.2, 0.25) is 0 Å². The number of nitrogens with zero attached hydrogens (tertiary/aromatic N) is 3. The molecule has 2 amide bonds. The highest BCUT2D eigenvalue weighted by Crippen LogP contribution is 2.23. The quantitative estimate of drug-likeness (QED) is 0.924. The van der Waals surface area contributed by atoms with Crippen LogP contribution in [-0.2, 0) is 16.6 Å². The van der Waals surface area contributed by atoms with Crippen molar-refractivity contribution < 1.29 is 9.59 Å². The van der Waals surface area contributed by atoms with Crippen LogP contribution in [0.4, 0.5) is 0 Å². The van der Waals surface area contributed by atoms with Gasteiger partial charge in [-0.15, -0.1) is 0 Å². The summed E-state index contributed by atoms with van der Waals surface area (Å²) in [6.07, 6.45) is 5.02. The second-order valence-corrected chi connectivity index (χ2v) is 6.53. The third kappa shape index (κ3) is 3.90. The second-order valence-electron chi connectivity index (χ2n) is 6.53. The van der Waals surface area contributed by atoms with Gasteiger partial charge in [-0.2, -0.15) is 0 Å². The van der Waals surface area contributed by atoms with Gasteiger partial charge in [0, 0.05) is 45.4 Å². The Morgan fingerprint density at radius 1 is 1.20 bits per heavy atom. The molecule has 1 aromatic carbocycles. The van der Waals surface area contributed by atoms with Crippen LogP contribution in [0.15, 0.2) is 42.7 Å². The molecule has 0 unspecified atom stereocenters. The van der Waals surface area contributed by atoms with Crippen molar-refractivity contribution in [3.05, 3.63) is 54.1 Å². The highest BCUT2D eigenvalue weighted by atomic mass is 16.2. The van der Waals surface area contributed by atoms with E-state index in [-0.39, 0.29) is 23.8 Å². The first kappa shape index (κ1) is 17.2. The van der Waals surface area contributed by atoms with Crippen LogP contribution in [0.5, 0.6) is 0 Å². The molecule has 1 N–H and O–H groups in total. The zero-order chi connectivity index (χ0) is 17.8. The van der Waals surface area contributed by atoms with Crippen molar-refractivity contribution in [2.45, 2.75) is 25.8 Å². The third-order valence-electron chi connectivity index (χ3n) is 4.85. The summed E-state index contributed by atoms with van der Waals surface area (Å²) in [4.78, 5) is 30.5. The highest BCUT2D eigenvalue weighted by Gasteiger charge is 2.29. The van der Waals surface area contributed by atoms with Crippen LogP contribution in [0.25, 0.3) is 0 Å². The second kappa shape index (κ2) is 7.51. The van der Waals surface area contributed by atoms with Gasteiger partial charge >= 0.3 is 0 Å². The molecule has 2 heterocycles. The van der Waals surface area contributed by atoms with Crippen molar-refractivity contribution in [2.75, 3.05) is 13.1 Å². The van der Waals surface area contributed by atoms with Gasteiger partial charge in [0.05, 0.1) is 0 Å². The van der Waals surface area contributed by atoms with E-state index in [4.69, 9.17) is 0 Å². The maximum Gasteiger partial charge on any atom is 0.224 e. The summed E-state index contributed by atoms with van der Waals surface area (Å²) in [5.41, 5.74) is 1.01. The molecular weight excluding hydrogens is 316 g/mol. The molecule has 1 saturated heterocycles. The van der Waals surface area contributed by atoms with Crippen LogP contribution in [-0.4, -0.2) is 39.4 Å². The summed E-state index contributed by atoms with van der Waals surface area (Å²) >= 11 is 0. The maximum atomic E-state index is 12.8. The fraction of sp³-hybridized carbons (Fsp3) is 0.421. The van der Waals surface area contributed by atoms with Gasteiger partial charge in [0.1, 0.15) is 11.9 Å². The molecule has 0 bridgehead atoms. The van der Waals surface area contributed by atoms with Gasteiger partial charge < -0.3 is 14.8 Å². The minimum atomic E-state index is -0.278. The Kier molecular flexibility index (Phi) is 5.16. The van der Waals surface area contributed by atoms with Crippen molar-refractivity contribution in [3.8, 4) is 0 Å². The summed E-state index contributed by atoms with van der Waals surface area (Å²) in [6, 6.07) is 9.60. The number of amides is 2. The standard InChI is InChI=1S/C19H24N4O2/c1-14(24)23-11-8-16(9-12-23)19(25)21-17(15-6-4-3-5-7-15)18-20-10-13-22(18)2/h3-7,10,13,16-17H,8-9,11-12H2,1-2H3,(H,21,25)/t17-/m0/s1. The molecule has 1 aromatic heterocycles. The molecule has 6 nitrogen and oxygen atoms in total. The Bertz CT molecular complexity index is 733. The number of aromatic nitrogens is 2. The SMILES string of the molecule is CC(=O)N1CCC(C(=O)N[C@@H](c2ccccc2)c2nccn2C)CC1. The number of likely N-dealkylation sites (tertiary alicyclic amines) is 1. The lowest BCUT2D eigenvalue weighted by Crippen LogP contribution is -2.43. The molecule has 2 aromatic rings. The Morgan fingerprint density at radius 3 is 2.44 bits per heavy atom. The van der Waals surface area contributed by atoms with Crippen LogP contribution in [0.1, 0.15) is 37.2 Å². The van der Waals surface area contributed by atoms with Crippen LogP contribution >= 0.6 is 0 Å². The Labute approximate surface area is 147 Å². The minimum absolute atomic E-state index is 0.0278. The van der Waals surface area contributed by atoms with Crippen molar-refractivity contribution >= 4 is 11.8 Å². The number of nitrogens with one attached hydrogen (secondary N) is 1. The molecule has 0 saturated carbocycles. The van der Waals surface area contributed by atoms with E-state index in [1.807, 2.05) is 48.1 Å². The van der Waals surface area contributed by atoms with Crippen LogP contribution in [0.3, 0.4) is 0 Å². The number of piperidine rings is 1. The molecule has 0 aliphatic carbocycles. The number of hydrogen-bond acceptors (Lipinski definition) is 3. The summed E-state index contributed by atoms with van der Waals surface area (Å²) in [5, 5.41) is 3.16. The molecular formula is C19H24N4O2. The number of aryl methyl sites for hydroxylation is 1. The Hall–Kier alpha value is -2.63. The smallest absolute Gasteiger partial charge is 0.224 e. The molecule has 6 heteroatoms. The Balaban J connectivity index is 1.74. The van der Waals surface area contributed by atoms with Gasteiger partial charge in [0.15, 0.2) is 0 Å². The van der Waals surface area contributed by atoms with E-state index in [2.05, 4.69) is 10.3 Å². The van der Waals surface area contributed by atoms with Crippen LogP contribution < -0.4 is 5.32 Å². The van der Waals surface area contributed by atoms with E-state index >= 15 is 0 Å². The third-order valence-corrected chi connectivity index (χ3v) is 4.85. The van der Waals surface area contributed by atoms with E-state index in [0.29, 0.717) is 25.9 Å². The normalized spacial score (nSPS) is 16.5. The minimum Gasteiger partial charge on any atom is -0.343 e. The van der Waals surface area contributed by atoms with E-state index in [9.17, 15) is 9.59 Å². The zero-order valence-corrected chi connectivity index (χ0v) is 14.7. The number of hydrogen-bond donors (Lipinski definition) is 1. The van der Waals surface area contributed by atoms with Crippen LogP contribution in [0, 0.1) is 5.92 Å². The fourth-order valence-electron chi connectivity index (χ4n) is 3.31. The monoisotopic (exact) mass is 340 g/mol. The van der Waals surface area contributed by atoms with Gasteiger partial charge in [-0.1, -0.05) is 30.3 Å². The molecule has 3 rings (SSSR count). The fourth-order valence-corrected chi connectivity index (χ4v) is 3.31. The molecule has 1 fully saturated rings. The predicted molar refractivity (Wildman–Crippen MR) is 94.6 cm³/mol. The largest absolute Gasteiger partial charge is 0.343 e. The van der Waals surface area contributed by atoms with Gasteiger partial charge in [0.2, 0.25) is 11.8 Å². The average molecular weight is 340 g/mol. The summed E-state index contributed by atoms with van der Waals surface area (Å²) in [5.74, 6) is 0.844. The molecule has 1 aliphatic rings. The molecule has 0 spiro atoms. The highest BCUT2D eigenvalue weighted by molar-refractivity contribution is 5.80. The van der Waals surface area contributed by atoms with E-state index in [0.717, 1.165) is 11.4 Å². The molecule has 132 valence electrons. The predicted octanol–water partition coefficient (Wildman–Crippen LogP) is 1.88.